The quantitative estimate of drug-likeness (QED) is 0.895. The lowest BCUT2D eigenvalue weighted by molar-refractivity contribution is 0.306. The summed E-state index contributed by atoms with van der Waals surface area (Å²) < 4.78 is 5.72. The van der Waals surface area contributed by atoms with E-state index in [2.05, 4.69) is 0 Å². The predicted molar refractivity (Wildman–Crippen MR) is 79.8 cm³/mol. The Morgan fingerprint density at radius 2 is 1.95 bits per heavy atom. The lowest BCUT2D eigenvalue weighted by atomic mass is 10.1. The highest BCUT2D eigenvalue weighted by Crippen LogP contribution is 2.23. The fourth-order valence-electron chi connectivity index (χ4n) is 1.69. The van der Waals surface area contributed by atoms with Gasteiger partial charge in [0.2, 0.25) is 0 Å². The molecule has 100 valence electrons. The molecule has 2 aromatic rings. The van der Waals surface area contributed by atoms with Gasteiger partial charge in [-0.3, -0.25) is 0 Å². The Balaban J connectivity index is 2.08. The third-order valence-electron chi connectivity index (χ3n) is 2.79. The minimum Gasteiger partial charge on any atom is -0.489 e. The van der Waals surface area contributed by atoms with Crippen molar-refractivity contribution in [2.45, 2.75) is 19.6 Å². The van der Waals surface area contributed by atoms with E-state index in [1.54, 1.807) is 12.1 Å². The second-order valence-corrected chi connectivity index (χ2v) is 5.23. The van der Waals surface area contributed by atoms with Crippen molar-refractivity contribution < 1.29 is 4.74 Å². The third kappa shape index (κ3) is 3.87. The molecule has 0 aliphatic rings. The molecule has 0 aromatic heterocycles. The maximum atomic E-state index is 6.09. The van der Waals surface area contributed by atoms with Crippen LogP contribution in [0, 0.1) is 0 Å². The number of hydrogen-bond donors (Lipinski definition) is 1. The summed E-state index contributed by atoms with van der Waals surface area (Å²) in [4.78, 5) is 0. The van der Waals surface area contributed by atoms with Gasteiger partial charge in [-0.25, -0.2) is 0 Å². The van der Waals surface area contributed by atoms with E-state index in [0.717, 1.165) is 16.9 Å². The minimum absolute atomic E-state index is 0.0114. The Morgan fingerprint density at radius 1 is 1.16 bits per heavy atom. The molecule has 0 aliphatic carbocycles. The maximum Gasteiger partial charge on any atom is 0.120 e. The van der Waals surface area contributed by atoms with Gasteiger partial charge in [-0.1, -0.05) is 41.4 Å². The number of ether oxygens (including phenoxy) is 1. The minimum atomic E-state index is -0.0114. The van der Waals surface area contributed by atoms with E-state index in [-0.39, 0.29) is 6.04 Å². The van der Waals surface area contributed by atoms with Crippen LogP contribution in [0.4, 0.5) is 0 Å². The summed E-state index contributed by atoms with van der Waals surface area (Å²) >= 11 is 11.9. The van der Waals surface area contributed by atoms with Crippen LogP contribution in [0.5, 0.6) is 5.75 Å². The Labute approximate surface area is 123 Å². The van der Waals surface area contributed by atoms with Gasteiger partial charge >= 0.3 is 0 Å². The summed E-state index contributed by atoms with van der Waals surface area (Å²) in [7, 11) is 0. The molecule has 2 rings (SSSR count). The number of benzene rings is 2. The molecule has 0 radical (unpaired) electrons. The van der Waals surface area contributed by atoms with E-state index in [1.807, 2.05) is 37.3 Å². The molecule has 2 nitrogen and oxygen atoms in total. The molecule has 2 N–H and O–H groups in total. The van der Waals surface area contributed by atoms with Gasteiger partial charge in [0.05, 0.1) is 0 Å². The first-order valence-corrected chi connectivity index (χ1v) is 6.74. The van der Waals surface area contributed by atoms with Gasteiger partial charge in [0, 0.05) is 21.7 Å². The molecular weight excluding hydrogens is 281 g/mol. The fraction of sp³-hybridized carbons (Fsp3) is 0.200. The van der Waals surface area contributed by atoms with Gasteiger partial charge in [0.1, 0.15) is 12.4 Å². The average molecular weight is 296 g/mol. The monoisotopic (exact) mass is 295 g/mol. The van der Waals surface area contributed by atoms with Crippen molar-refractivity contribution in [2.75, 3.05) is 0 Å². The summed E-state index contributed by atoms with van der Waals surface area (Å²) in [6.45, 7) is 2.34. The number of halogens is 2. The van der Waals surface area contributed by atoms with Crippen LogP contribution in [0.3, 0.4) is 0 Å². The van der Waals surface area contributed by atoms with Crippen molar-refractivity contribution in [3.05, 3.63) is 63.6 Å². The van der Waals surface area contributed by atoms with Gasteiger partial charge in [-0.15, -0.1) is 0 Å². The molecule has 4 heteroatoms. The highest BCUT2D eigenvalue weighted by molar-refractivity contribution is 6.35. The molecule has 0 unspecified atom stereocenters. The smallest absolute Gasteiger partial charge is 0.120 e. The molecule has 0 spiro atoms. The zero-order valence-electron chi connectivity index (χ0n) is 10.6. The van der Waals surface area contributed by atoms with Crippen LogP contribution in [0.15, 0.2) is 42.5 Å². The summed E-state index contributed by atoms with van der Waals surface area (Å²) in [5.41, 5.74) is 7.78. The van der Waals surface area contributed by atoms with Crippen molar-refractivity contribution in [3.63, 3.8) is 0 Å². The van der Waals surface area contributed by atoms with Crippen molar-refractivity contribution in [3.8, 4) is 5.75 Å². The maximum absolute atomic E-state index is 6.09. The van der Waals surface area contributed by atoms with Crippen molar-refractivity contribution in [1.29, 1.82) is 0 Å². The Morgan fingerprint density at radius 3 is 2.63 bits per heavy atom. The van der Waals surface area contributed by atoms with Crippen LogP contribution in [0.2, 0.25) is 10.0 Å². The van der Waals surface area contributed by atoms with E-state index < -0.39 is 0 Å². The van der Waals surface area contributed by atoms with Crippen molar-refractivity contribution in [1.82, 2.24) is 0 Å². The molecule has 1 atom stereocenters. The van der Waals surface area contributed by atoms with Crippen molar-refractivity contribution in [2.24, 2.45) is 5.73 Å². The van der Waals surface area contributed by atoms with Gasteiger partial charge in [-0.05, 0) is 36.8 Å². The third-order valence-corrected chi connectivity index (χ3v) is 3.38. The molecule has 0 saturated carbocycles. The molecule has 0 aliphatic heterocycles. The lowest BCUT2D eigenvalue weighted by Crippen LogP contribution is -2.05. The zero-order chi connectivity index (χ0) is 13.8. The summed E-state index contributed by atoms with van der Waals surface area (Å²) in [6, 6.07) is 13.1. The normalized spacial score (nSPS) is 12.2. The second kappa shape index (κ2) is 6.29. The van der Waals surface area contributed by atoms with Gasteiger partial charge in [0.25, 0.3) is 0 Å². The van der Waals surface area contributed by atoms with Crippen LogP contribution >= 0.6 is 23.2 Å². The largest absolute Gasteiger partial charge is 0.489 e. The topological polar surface area (TPSA) is 35.2 Å². The number of nitrogens with two attached hydrogens (primary N) is 1. The van der Waals surface area contributed by atoms with Crippen LogP contribution in [0.25, 0.3) is 0 Å². The van der Waals surface area contributed by atoms with Crippen molar-refractivity contribution >= 4 is 23.2 Å². The first kappa shape index (κ1) is 14.2. The molecule has 2 aromatic carbocycles. The van der Waals surface area contributed by atoms with Crippen LogP contribution in [-0.4, -0.2) is 0 Å². The predicted octanol–water partition coefficient (Wildman–Crippen LogP) is 4.59. The zero-order valence-corrected chi connectivity index (χ0v) is 12.1. The first-order valence-electron chi connectivity index (χ1n) is 5.98. The van der Waals surface area contributed by atoms with Crippen LogP contribution in [-0.2, 0) is 6.61 Å². The fourth-order valence-corrected chi connectivity index (χ4v) is 2.15. The molecule has 0 bridgehead atoms. The highest BCUT2D eigenvalue weighted by Gasteiger charge is 2.04. The SMILES string of the molecule is C[C@@H](N)c1cccc(OCc2ccc(Cl)cc2Cl)c1. The van der Waals surface area contributed by atoms with E-state index >= 15 is 0 Å². The van der Waals surface area contributed by atoms with Gasteiger partial charge in [-0.2, -0.15) is 0 Å². The molecule has 0 saturated heterocycles. The Hall–Kier alpha value is -1.22. The molecule has 19 heavy (non-hydrogen) atoms. The van der Waals surface area contributed by atoms with Gasteiger partial charge < -0.3 is 10.5 Å². The highest BCUT2D eigenvalue weighted by atomic mass is 35.5. The summed E-state index contributed by atoms with van der Waals surface area (Å²) in [5.74, 6) is 0.779. The van der Waals surface area contributed by atoms with E-state index in [4.69, 9.17) is 33.7 Å². The average Bonchev–Trinajstić information content (AvgIpc) is 2.38. The number of hydrogen-bond acceptors (Lipinski definition) is 2. The van der Waals surface area contributed by atoms with E-state index in [9.17, 15) is 0 Å². The van der Waals surface area contributed by atoms with Gasteiger partial charge in [0.15, 0.2) is 0 Å². The van der Waals surface area contributed by atoms with E-state index in [0.29, 0.717) is 16.7 Å². The molecule has 0 amide bonds. The molecule has 0 fully saturated rings. The Bertz CT molecular complexity index is 570. The van der Waals surface area contributed by atoms with E-state index in [1.165, 1.54) is 0 Å². The second-order valence-electron chi connectivity index (χ2n) is 4.39. The molecule has 0 heterocycles. The van der Waals surface area contributed by atoms with Crippen LogP contribution in [0.1, 0.15) is 24.1 Å². The summed E-state index contributed by atoms with van der Waals surface area (Å²) in [5, 5.41) is 1.23. The number of rotatable bonds is 4. The van der Waals surface area contributed by atoms with Crippen LogP contribution < -0.4 is 10.5 Å². The summed E-state index contributed by atoms with van der Waals surface area (Å²) in [6.07, 6.45) is 0. The first-order chi connectivity index (χ1) is 9.06. The Kier molecular flexibility index (Phi) is 4.70. The lowest BCUT2D eigenvalue weighted by Gasteiger charge is -2.11. The molecular formula is C15H15Cl2NO. The standard InChI is InChI=1S/C15H15Cl2NO/c1-10(18)11-3-2-4-14(7-11)19-9-12-5-6-13(16)8-15(12)17/h2-8,10H,9,18H2,1H3/t10-/m1/s1.